The molecule has 0 N–H and O–H groups in total. The molecule has 0 aromatic rings. The zero-order valence-electron chi connectivity index (χ0n) is 12.1. The SMILES string of the molecule is CC.CCCCC(C)CCCCCC(C)=O. The summed E-state index contributed by atoms with van der Waals surface area (Å²) in [4.78, 5) is 10.7. The van der Waals surface area contributed by atoms with Crippen molar-refractivity contribution in [2.24, 2.45) is 5.92 Å². The molecule has 1 nitrogen and oxygen atoms in total. The number of hydrogen-bond acceptors (Lipinski definition) is 1. The Morgan fingerprint density at radius 2 is 1.56 bits per heavy atom. The van der Waals surface area contributed by atoms with E-state index < -0.39 is 0 Å². The van der Waals surface area contributed by atoms with Gasteiger partial charge in [0.15, 0.2) is 0 Å². The van der Waals surface area contributed by atoms with Crippen LogP contribution in [-0.2, 0) is 4.79 Å². The van der Waals surface area contributed by atoms with Crippen molar-refractivity contribution in [1.82, 2.24) is 0 Å². The lowest BCUT2D eigenvalue weighted by atomic mass is 9.97. The first-order chi connectivity index (χ1) is 7.66. The summed E-state index contributed by atoms with van der Waals surface area (Å²) in [7, 11) is 0. The van der Waals surface area contributed by atoms with Crippen LogP contribution in [0.15, 0.2) is 0 Å². The Morgan fingerprint density at radius 1 is 1.00 bits per heavy atom. The lowest BCUT2D eigenvalue weighted by molar-refractivity contribution is -0.117. The van der Waals surface area contributed by atoms with Gasteiger partial charge in [0, 0.05) is 6.42 Å². The van der Waals surface area contributed by atoms with Crippen LogP contribution in [0, 0.1) is 5.92 Å². The third-order valence-corrected chi connectivity index (χ3v) is 2.78. The topological polar surface area (TPSA) is 17.1 Å². The van der Waals surface area contributed by atoms with Gasteiger partial charge in [-0.05, 0) is 19.3 Å². The molecule has 0 radical (unpaired) electrons. The Bertz CT molecular complexity index is 140. The maximum atomic E-state index is 10.7. The summed E-state index contributed by atoms with van der Waals surface area (Å²) in [6.07, 6.45) is 9.82. The van der Waals surface area contributed by atoms with Crippen molar-refractivity contribution >= 4 is 5.78 Å². The average Bonchev–Trinajstić information content (AvgIpc) is 2.28. The molecule has 0 rings (SSSR count). The van der Waals surface area contributed by atoms with Gasteiger partial charge in [0.25, 0.3) is 0 Å². The predicted octanol–water partition coefficient (Wildman–Crippen LogP) is 5.38. The summed E-state index contributed by atoms with van der Waals surface area (Å²) in [5, 5.41) is 0. The Labute approximate surface area is 103 Å². The second-order valence-electron chi connectivity index (χ2n) is 4.55. The Kier molecular flexibility index (Phi) is 16.5. The van der Waals surface area contributed by atoms with Crippen molar-refractivity contribution in [2.45, 2.75) is 86.0 Å². The lowest BCUT2D eigenvalue weighted by Gasteiger charge is -2.09. The molecule has 0 heterocycles. The van der Waals surface area contributed by atoms with Crippen LogP contribution in [0.1, 0.15) is 86.0 Å². The van der Waals surface area contributed by atoms with E-state index in [2.05, 4.69) is 13.8 Å². The molecule has 1 atom stereocenters. The van der Waals surface area contributed by atoms with Crippen LogP contribution in [0.4, 0.5) is 0 Å². The van der Waals surface area contributed by atoms with Crippen molar-refractivity contribution in [3.8, 4) is 0 Å². The van der Waals surface area contributed by atoms with Crippen molar-refractivity contribution < 1.29 is 4.79 Å². The highest BCUT2D eigenvalue weighted by Crippen LogP contribution is 2.16. The van der Waals surface area contributed by atoms with Crippen LogP contribution in [0.5, 0.6) is 0 Å². The van der Waals surface area contributed by atoms with Crippen LogP contribution in [-0.4, -0.2) is 5.78 Å². The summed E-state index contributed by atoms with van der Waals surface area (Å²) in [5.41, 5.74) is 0. The quantitative estimate of drug-likeness (QED) is 0.484. The molecule has 16 heavy (non-hydrogen) atoms. The predicted molar refractivity (Wildman–Crippen MR) is 73.8 cm³/mol. The van der Waals surface area contributed by atoms with Gasteiger partial charge in [0.1, 0.15) is 5.78 Å². The molecule has 0 bridgehead atoms. The first-order valence-corrected chi connectivity index (χ1v) is 7.16. The molecule has 0 aliphatic rings. The molecule has 0 saturated heterocycles. The van der Waals surface area contributed by atoms with Crippen LogP contribution < -0.4 is 0 Å². The van der Waals surface area contributed by atoms with Gasteiger partial charge >= 0.3 is 0 Å². The molecule has 0 aliphatic carbocycles. The fraction of sp³-hybridized carbons (Fsp3) is 0.933. The Balaban J connectivity index is 0. The molecule has 0 aromatic heterocycles. The fourth-order valence-corrected chi connectivity index (χ4v) is 1.74. The molecule has 0 fully saturated rings. The third-order valence-electron chi connectivity index (χ3n) is 2.78. The van der Waals surface area contributed by atoms with E-state index in [9.17, 15) is 4.79 Å². The van der Waals surface area contributed by atoms with Crippen LogP contribution in [0.3, 0.4) is 0 Å². The lowest BCUT2D eigenvalue weighted by Crippen LogP contribution is -1.95. The molecule has 0 spiro atoms. The van der Waals surface area contributed by atoms with E-state index in [4.69, 9.17) is 0 Å². The minimum Gasteiger partial charge on any atom is -0.300 e. The van der Waals surface area contributed by atoms with Gasteiger partial charge in [-0.1, -0.05) is 66.2 Å². The van der Waals surface area contributed by atoms with Crippen molar-refractivity contribution in [3.05, 3.63) is 0 Å². The highest BCUT2D eigenvalue weighted by molar-refractivity contribution is 5.75. The molecular weight excluding hydrogens is 196 g/mol. The monoisotopic (exact) mass is 228 g/mol. The zero-order chi connectivity index (χ0) is 12.8. The van der Waals surface area contributed by atoms with Crippen LogP contribution in [0.2, 0.25) is 0 Å². The van der Waals surface area contributed by atoms with Gasteiger partial charge in [-0.15, -0.1) is 0 Å². The molecule has 0 aliphatic heterocycles. The summed E-state index contributed by atoms with van der Waals surface area (Å²) >= 11 is 0. The summed E-state index contributed by atoms with van der Waals surface area (Å²) in [5.74, 6) is 1.22. The summed E-state index contributed by atoms with van der Waals surface area (Å²) < 4.78 is 0. The second kappa shape index (κ2) is 14.7. The highest BCUT2D eigenvalue weighted by atomic mass is 16.1. The number of carbonyl (C=O) groups is 1. The minimum atomic E-state index is 0.337. The highest BCUT2D eigenvalue weighted by Gasteiger charge is 2.01. The van der Waals surface area contributed by atoms with E-state index in [-0.39, 0.29) is 0 Å². The largest absolute Gasteiger partial charge is 0.300 e. The smallest absolute Gasteiger partial charge is 0.129 e. The summed E-state index contributed by atoms with van der Waals surface area (Å²) in [6, 6.07) is 0. The van der Waals surface area contributed by atoms with Gasteiger partial charge in [0.05, 0.1) is 0 Å². The number of rotatable bonds is 9. The molecule has 98 valence electrons. The fourth-order valence-electron chi connectivity index (χ4n) is 1.74. The standard InChI is InChI=1S/C13H26O.C2H6/c1-4-5-9-12(2)10-7-6-8-11-13(3)14;1-2/h12H,4-11H2,1-3H3;1-2H3. The molecule has 1 unspecified atom stereocenters. The number of Topliss-reactive ketones (excluding diaryl/α,β-unsaturated/α-hetero) is 1. The van der Waals surface area contributed by atoms with E-state index in [0.29, 0.717) is 5.78 Å². The zero-order valence-corrected chi connectivity index (χ0v) is 12.1. The van der Waals surface area contributed by atoms with Gasteiger partial charge in [0.2, 0.25) is 0 Å². The van der Waals surface area contributed by atoms with E-state index in [0.717, 1.165) is 18.8 Å². The van der Waals surface area contributed by atoms with Gasteiger partial charge in [-0.3, -0.25) is 0 Å². The molecular formula is C15H32O. The van der Waals surface area contributed by atoms with Crippen LogP contribution >= 0.6 is 0 Å². The maximum absolute atomic E-state index is 10.7. The number of unbranched alkanes of at least 4 members (excludes halogenated alkanes) is 3. The van der Waals surface area contributed by atoms with Gasteiger partial charge in [-0.2, -0.15) is 0 Å². The maximum Gasteiger partial charge on any atom is 0.129 e. The summed E-state index contributed by atoms with van der Waals surface area (Å²) in [6.45, 7) is 10.3. The van der Waals surface area contributed by atoms with E-state index in [1.807, 2.05) is 13.8 Å². The second-order valence-corrected chi connectivity index (χ2v) is 4.55. The molecule has 0 amide bonds. The van der Waals surface area contributed by atoms with Gasteiger partial charge < -0.3 is 4.79 Å². The number of hydrogen-bond donors (Lipinski definition) is 0. The number of ketones is 1. The third kappa shape index (κ3) is 16.1. The van der Waals surface area contributed by atoms with Crippen molar-refractivity contribution in [1.29, 1.82) is 0 Å². The Morgan fingerprint density at radius 3 is 2.06 bits per heavy atom. The normalized spacial score (nSPS) is 11.6. The van der Waals surface area contributed by atoms with Crippen molar-refractivity contribution in [3.63, 3.8) is 0 Å². The number of carbonyl (C=O) groups excluding carboxylic acids is 1. The van der Waals surface area contributed by atoms with Crippen molar-refractivity contribution in [2.75, 3.05) is 0 Å². The van der Waals surface area contributed by atoms with E-state index in [1.54, 1.807) is 6.92 Å². The average molecular weight is 228 g/mol. The van der Waals surface area contributed by atoms with E-state index in [1.165, 1.54) is 38.5 Å². The molecule has 1 heteroatoms. The first-order valence-electron chi connectivity index (χ1n) is 7.16. The minimum absolute atomic E-state index is 0.337. The van der Waals surface area contributed by atoms with Gasteiger partial charge in [-0.25, -0.2) is 0 Å². The molecule has 0 saturated carbocycles. The van der Waals surface area contributed by atoms with Crippen LogP contribution in [0.25, 0.3) is 0 Å². The van der Waals surface area contributed by atoms with E-state index >= 15 is 0 Å². The Hall–Kier alpha value is -0.330. The first kappa shape index (κ1) is 18.0. The molecule has 0 aromatic carbocycles.